The standard InChI is InChI=1S/2C51H33N3S/c1-5-16-35(17-6-1)44-33-45(54-51(53-44)39-22-11-4-12-23-39)41-25-15-24-40(32-41)34-28-30-37(31-29-34)48-47-46(36-18-7-2-8-19-36)49(38-20-9-3-10-21-38)55-50(47)42-26-13-14-27-43(42)52-48;1-5-15-36(16-6-1)44-33-45(54-51(53-44)41-21-11-4-12-22-41)37-29-25-34(26-30-37)35-27-31-39(32-28-35)48-47-46(38-17-7-2-8-18-38)49(40-19-9-3-10-20-40)55-50(47)42-23-13-14-24-43(42)52-48/h2*1-33H. The molecule has 20 rings (SSSR count). The van der Waals surface area contributed by atoms with Gasteiger partial charge in [-0.3, -0.25) is 0 Å². The molecule has 110 heavy (non-hydrogen) atoms. The van der Waals surface area contributed by atoms with Crippen molar-refractivity contribution in [3.63, 3.8) is 0 Å². The second-order valence-electron chi connectivity index (χ2n) is 27.1. The maximum Gasteiger partial charge on any atom is 0.160 e. The van der Waals surface area contributed by atoms with Crippen molar-refractivity contribution in [1.82, 2.24) is 29.9 Å². The molecule has 0 bridgehead atoms. The number of hydrogen-bond acceptors (Lipinski definition) is 8. The number of pyridine rings is 2. The van der Waals surface area contributed by atoms with Crippen molar-refractivity contribution in [2.45, 2.75) is 0 Å². The number of nitrogens with zero attached hydrogens (tertiary/aromatic N) is 6. The van der Waals surface area contributed by atoms with Crippen molar-refractivity contribution in [1.29, 1.82) is 0 Å². The number of para-hydroxylation sites is 2. The van der Waals surface area contributed by atoms with Gasteiger partial charge < -0.3 is 0 Å². The molecule has 0 saturated heterocycles. The van der Waals surface area contributed by atoms with E-state index < -0.39 is 0 Å². The summed E-state index contributed by atoms with van der Waals surface area (Å²) in [6.45, 7) is 0. The summed E-state index contributed by atoms with van der Waals surface area (Å²) in [5.74, 6) is 1.42. The highest BCUT2D eigenvalue weighted by Crippen LogP contribution is 2.52. The van der Waals surface area contributed by atoms with Crippen LogP contribution in [0.25, 0.3) is 198 Å². The Kier molecular flexibility index (Phi) is 18.0. The van der Waals surface area contributed by atoms with Crippen LogP contribution in [-0.4, -0.2) is 29.9 Å². The Balaban J connectivity index is 0.000000149. The fourth-order valence-electron chi connectivity index (χ4n) is 14.8. The summed E-state index contributed by atoms with van der Waals surface area (Å²) in [6, 6.07) is 140. The van der Waals surface area contributed by atoms with Crippen LogP contribution < -0.4 is 0 Å². The molecule has 516 valence electrons. The molecule has 0 aliphatic heterocycles. The lowest BCUT2D eigenvalue weighted by Gasteiger charge is -2.12. The van der Waals surface area contributed by atoms with Crippen LogP contribution in [-0.2, 0) is 0 Å². The third-order valence-electron chi connectivity index (χ3n) is 20.2. The van der Waals surface area contributed by atoms with E-state index in [0.29, 0.717) is 11.6 Å². The molecule has 0 radical (unpaired) electrons. The second kappa shape index (κ2) is 29.7. The fourth-order valence-corrected chi connectivity index (χ4v) is 17.5. The van der Waals surface area contributed by atoms with Crippen molar-refractivity contribution >= 4 is 64.7 Å². The summed E-state index contributed by atoms with van der Waals surface area (Å²) < 4.78 is 2.51. The Bertz CT molecular complexity index is 6570. The highest BCUT2D eigenvalue weighted by atomic mass is 32.1. The average Bonchev–Trinajstić information content (AvgIpc) is 1.57. The Morgan fingerprint density at radius 2 is 0.436 bits per heavy atom. The molecule has 0 unspecified atom stereocenters. The molecule has 0 spiro atoms. The first-order valence-corrected chi connectivity index (χ1v) is 38.5. The smallest absolute Gasteiger partial charge is 0.160 e. The van der Waals surface area contributed by atoms with Crippen LogP contribution in [0.2, 0.25) is 0 Å². The average molecular weight is 1440 g/mol. The molecule has 6 aromatic heterocycles. The molecule has 14 aromatic carbocycles. The van der Waals surface area contributed by atoms with Crippen LogP contribution in [0.1, 0.15) is 0 Å². The molecule has 8 heteroatoms. The van der Waals surface area contributed by atoms with Crippen LogP contribution in [0.5, 0.6) is 0 Å². The molecule has 0 fully saturated rings. The number of hydrogen-bond donors (Lipinski definition) is 0. The van der Waals surface area contributed by atoms with Crippen molar-refractivity contribution in [3.05, 3.63) is 400 Å². The number of fused-ring (bicyclic) bond motifs is 6. The molecule has 20 aromatic rings. The van der Waals surface area contributed by atoms with Gasteiger partial charge in [-0.15, -0.1) is 22.7 Å². The minimum atomic E-state index is 0.708. The first-order chi connectivity index (χ1) is 54.5. The molecular formula is C102H66N6S2. The molecule has 0 amide bonds. The van der Waals surface area contributed by atoms with E-state index in [0.717, 1.165) is 112 Å². The first-order valence-electron chi connectivity index (χ1n) is 36.9. The molecular weight excluding hydrogens is 1370 g/mol. The van der Waals surface area contributed by atoms with Crippen LogP contribution >= 0.6 is 22.7 Å². The van der Waals surface area contributed by atoms with Crippen LogP contribution in [0.4, 0.5) is 0 Å². The Labute approximate surface area is 646 Å². The molecule has 0 saturated carbocycles. The quantitative estimate of drug-likeness (QED) is 0.108. The third-order valence-corrected chi connectivity index (χ3v) is 22.8. The summed E-state index contributed by atoms with van der Waals surface area (Å²) in [6.07, 6.45) is 0. The highest BCUT2D eigenvalue weighted by Gasteiger charge is 2.26. The van der Waals surface area contributed by atoms with Crippen LogP contribution in [0, 0.1) is 0 Å². The van der Waals surface area contributed by atoms with Gasteiger partial charge >= 0.3 is 0 Å². The molecule has 6 heterocycles. The Morgan fingerprint density at radius 3 is 0.809 bits per heavy atom. The zero-order valence-electron chi connectivity index (χ0n) is 59.6. The van der Waals surface area contributed by atoms with E-state index in [1.54, 1.807) is 0 Å². The van der Waals surface area contributed by atoms with Gasteiger partial charge in [0, 0.05) is 96.3 Å². The predicted octanol–water partition coefficient (Wildman–Crippen LogP) is 27.8. The lowest BCUT2D eigenvalue weighted by atomic mass is 9.94. The van der Waals surface area contributed by atoms with E-state index in [1.807, 2.05) is 95.5 Å². The van der Waals surface area contributed by atoms with Gasteiger partial charge in [0.1, 0.15) is 0 Å². The first kappa shape index (κ1) is 66.6. The van der Waals surface area contributed by atoms with E-state index >= 15 is 0 Å². The molecule has 0 N–H and O–H groups in total. The van der Waals surface area contributed by atoms with E-state index in [1.165, 1.54) is 74.1 Å². The van der Waals surface area contributed by atoms with E-state index in [4.69, 9.17) is 29.9 Å². The SMILES string of the molecule is c1ccc(-c2cc(-c3ccc(-c4ccc(-c5nc6ccccc6c6sc(-c7ccccc7)c(-c7ccccc7)c56)cc4)cc3)nc(-c3ccccc3)n2)cc1.c1ccc(-c2cc(-c3cccc(-c4ccc(-c5nc6ccccc6c6sc(-c7ccccc7)c(-c7ccccc7)c56)cc4)c3)nc(-c3ccccc3)n2)cc1. The minimum absolute atomic E-state index is 0.708. The van der Waals surface area contributed by atoms with Gasteiger partial charge in [0.25, 0.3) is 0 Å². The lowest BCUT2D eigenvalue weighted by molar-refractivity contribution is 1.18. The predicted molar refractivity (Wildman–Crippen MR) is 462 cm³/mol. The third kappa shape index (κ3) is 13.2. The number of benzene rings is 14. The zero-order chi connectivity index (χ0) is 73.1. The topological polar surface area (TPSA) is 77.3 Å². The largest absolute Gasteiger partial charge is 0.247 e. The molecule has 6 nitrogen and oxygen atoms in total. The van der Waals surface area contributed by atoms with Gasteiger partial charge in [0.15, 0.2) is 11.6 Å². The Morgan fingerprint density at radius 1 is 0.173 bits per heavy atom. The molecule has 0 aliphatic carbocycles. The van der Waals surface area contributed by atoms with E-state index in [9.17, 15) is 0 Å². The number of thiophene rings is 2. The highest BCUT2D eigenvalue weighted by molar-refractivity contribution is 7.24. The van der Waals surface area contributed by atoms with Crippen molar-refractivity contribution in [2.75, 3.05) is 0 Å². The summed E-state index contributed by atoms with van der Waals surface area (Å²) in [5, 5.41) is 4.74. The summed E-state index contributed by atoms with van der Waals surface area (Å²) in [7, 11) is 0. The molecule has 0 atom stereocenters. The van der Waals surface area contributed by atoms with Crippen molar-refractivity contribution in [3.8, 4) is 156 Å². The van der Waals surface area contributed by atoms with Crippen LogP contribution in [0.3, 0.4) is 0 Å². The fraction of sp³-hybridized carbons (Fsp3) is 0. The van der Waals surface area contributed by atoms with Gasteiger partial charge in [0.2, 0.25) is 0 Å². The van der Waals surface area contributed by atoms with Crippen molar-refractivity contribution in [2.24, 2.45) is 0 Å². The summed E-state index contributed by atoms with van der Waals surface area (Å²) in [5.41, 5.74) is 27.7. The van der Waals surface area contributed by atoms with Gasteiger partial charge in [-0.2, -0.15) is 0 Å². The van der Waals surface area contributed by atoms with E-state index in [-0.39, 0.29) is 0 Å². The maximum absolute atomic E-state index is 5.38. The summed E-state index contributed by atoms with van der Waals surface area (Å²) >= 11 is 3.72. The Hall–Kier alpha value is -14.0. The lowest BCUT2D eigenvalue weighted by Crippen LogP contribution is -1.96. The van der Waals surface area contributed by atoms with Gasteiger partial charge in [0.05, 0.1) is 45.2 Å². The van der Waals surface area contributed by atoms with Gasteiger partial charge in [-0.05, 0) is 74.8 Å². The number of rotatable bonds is 14. The van der Waals surface area contributed by atoms with Gasteiger partial charge in [-0.1, -0.05) is 370 Å². The normalized spacial score (nSPS) is 11.3. The maximum atomic E-state index is 5.38. The van der Waals surface area contributed by atoms with Crippen LogP contribution in [0.15, 0.2) is 400 Å². The summed E-state index contributed by atoms with van der Waals surface area (Å²) in [4.78, 5) is 33.3. The number of aromatic nitrogens is 6. The minimum Gasteiger partial charge on any atom is -0.247 e. The monoisotopic (exact) mass is 1440 g/mol. The second-order valence-corrected chi connectivity index (χ2v) is 29.2. The van der Waals surface area contributed by atoms with Crippen molar-refractivity contribution < 1.29 is 0 Å². The van der Waals surface area contributed by atoms with E-state index in [2.05, 4.69) is 328 Å². The molecule has 0 aliphatic rings. The van der Waals surface area contributed by atoms with Gasteiger partial charge in [-0.25, -0.2) is 29.9 Å². The zero-order valence-corrected chi connectivity index (χ0v) is 61.2.